The van der Waals surface area contributed by atoms with E-state index in [1.807, 2.05) is 38.1 Å². The molecule has 0 unspecified atom stereocenters. The highest BCUT2D eigenvalue weighted by Gasteiger charge is 2.03. The second kappa shape index (κ2) is 6.23. The standard InChI is InChI=1S/C13H18NO/c1-11(2)10-13(15)14-9-8-12-6-4-3-5-7-12/h4-7,11H,8-10H2,1-2H3,(H,14,15). The van der Waals surface area contributed by atoms with Gasteiger partial charge in [-0.3, -0.25) is 4.79 Å². The third-order valence-corrected chi connectivity index (χ3v) is 2.12. The van der Waals surface area contributed by atoms with Gasteiger partial charge in [-0.25, -0.2) is 0 Å². The number of hydrogen-bond donors (Lipinski definition) is 1. The number of hydrogen-bond acceptors (Lipinski definition) is 1. The molecule has 0 aromatic heterocycles. The molecule has 1 N–H and O–H groups in total. The predicted molar refractivity (Wildman–Crippen MR) is 61.4 cm³/mol. The van der Waals surface area contributed by atoms with Gasteiger partial charge in [-0.05, 0) is 24.0 Å². The normalized spacial score (nSPS) is 10.3. The lowest BCUT2D eigenvalue weighted by Gasteiger charge is -2.06. The van der Waals surface area contributed by atoms with Crippen molar-refractivity contribution in [2.75, 3.05) is 6.54 Å². The van der Waals surface area contributed by atoms with E-state index in [-0.39, 0.29) is 5.91 Å². The third-order valence-electron chi connectivity index (χ3n) is 2.12. The fourth-order valence-electron chi connectivity index (χ4n) is 1.38. The Labute approximate surface area is 91.7 Å². The van der Waals surface area contributed by atoms with E-state index < -0.39 is 0 Å². The molecule has 1 rings (SSSR count). The Morgan fingerprint density at radius 1 is 1.40 bits per heavy atom. The van der Waals surface area contributed by atoms with E-state index in [9.17, 15) is 4.79 Å². The van der Waals surface area contributed by atoms with E-state index in [0.717, 1.165) is 13.0 Å². The third kappa shape index (κ3) is 5.21. The van der Waals surface area contributed by atoms with Crippen LogP contribution in [0, 0.1) is 12.0 Å². The molecule has 2 heteroatoms. The Bertz CT molecular complexity index is 293. The zero-order chi connectivity index (χ0) is 11.1. The molecule has 81 valence electrons. The van der Waals surface area contributed by atoms with E-state index in [2.05, 4.69) is 11.4 Å². The van der Waals surface area contributed by atoms with Crippen LogP contribution in [0.15, 0.2) is 24.3 Å². The molecule has 0 saturated carbocycles. The molecule has 0 saturated heterocycles. The molecule has 1 amide bonds. The maximum Gasteiger partial charge on any atom is 0.220 e. The molecule has 0 heterocycles. The number of benzene rings is 1. The lowest BCUT2D eigenvalue weighted by Crippen LogP contribution is -2.26. The Balaban J connectivity index is 2.19. The fraction of sp³-hybridized carbons (Fsp3) is 0.462. The molecule has 0 atom stereocenters. The second-order valence-electron chi connectivity index (χ2n) is 4.11. The molecule has 0 aliphatic heterocycles. The summed E-state index contributed by atoms with van der Waals surface area (Å²) in [4.78, 5) is 11.3. The van der Waals surface area contributed by atoms with Gasteiger partial charge in [-0.1, -0.05) is 38.1 Å². The van der Waals surface area contributed by atoms with E-state index in [4.69, 9.17) is 0 Å². The monoisotopic (exact) mass is 204 g/mol. The number of rotatable bonds is 5. The van der Waals surface area contributed by atoms with Crippen LogP contribution < -0.4 is 5.32 Å². The van der Waals surface area contributed by atoms with Gasteiger partial charge in [-0.2, -0.15) is 0 Å². The minimum absolute atomic E-state index is 0.146. The van der Waals surface area contributed by atoms with Gasteiger partial charge in [0, 0.05) is 13.0 Å². The van der Waals surface area contributed by atoms with E-state index in [1.165, 1.54) is 5.56 Å². The average Bonchev–Trinajstić information content (AvgIpc) is 2.18. The van der Waals surface area contributed by atoms with Crippen molar-refractivity contribution >= 4 is 5.91 Å². The lowest BCUT2D eigenvalue weighted by molar-refractivity contribution is -0.121. The maximum atomic E-state index is 11.3. The summed E-state index contributed by atoms with van der Waals surface area (Å²) in [6.07, 6.45) is 1.50. The first-order valence-electron chi connectivity index (χ1n) is 5.40. The number of carbonyl (C=O) groups excluding carboxylic acids is 1. The molecular weight excluding hydrogens is 186 g/mol. The molecule has 2 nitrogen and oxygen atoms in total. The smallest absolute Gasteiger partial charge is 0.220 e. The number of amides is 1. The van der Waals surface area contributed by atoms with E-state index in [1.54, 1.807) is 0 Å². The van der Waals surface area contributed by atoms with Crippen molar-refractivity contribution in [2.45, 2.75) is 26.7 Å². The lowest BCUT2D eigenvalue weighted by atomic mass is 10.1. The van der Waals surface area contributed by atoms with Crippen LogP contribution in [-0.2, 0) is 11.2 Å². The second-order valence-corrected chi connectivity index (χ2v) is 4.11. The summed E-state index contributed by atoms with van der Waals surface area (Å²) in [5.41, 5.74) is 1.23. The Morgan fingerprint density at radius 3 is 2.67 bits per heavy atom. The van der Waals surface area contributed by atoms with Crippen molar-refractivity contribution in [3.05, 3.63) is 35.9 Å². The molecule has 0 aliphatic rings. The fourth-order valence-corrected chi connectivity index (χ4v) is 1.38. The van der Waals surface area contributed by atoms with E-state index >= 15 is 0 Å². The number of carbonyl (C=O) groups is 1. The van der Waals surface area contributed by atoms with Crippen LogP contribution in [0.4, 0.5) is 0 Å². The van der Waals surface area contributed by atoms with Crippen LogP contribution in [-0.4, -0.2) is 12.5 Å². The Hall–Kier alpha value is -1.31. The van der Waals surface area contributed by atoms with Crippen LogP contribution >= 0.6 is 0 Å². The average molecular weight is 204 g/mol. The van der Waals surface area contributed by atoms with Crippen LogP contribution in [0.2, 0.25) is 0 Å². The Kier molecular flexibility index (Phi) is 4.88. The first-order chi connectivity index (χ1) is 7.18. The van der Waals surface area contributed by atoms with Crippen molar-refractivity contribution in [3.63, 3.8) is 0 Å². The molecule has 15 heavy (non-hydrogen) atoms. The molecule has 1 radical (unpaired) electrons. The summed E-state index contributed by atoms with van der Waals surface area (Å²) in [5, 5.41) is 2.91. The molecular formula is C13H18NO. The highest BCUT2D eigenvalue weighted by atomic mass is 16.1. The van der Waals surface area contributed by atoms with Crippen molar-refractivity contribution in [2.24, 2.45) is 5.92 Å². The molecule has 0 aliphatic carbocycles. The zero-order valence-corrected chi connectivity index (χ0v) is 9.42. The summed E-state index contributed by atoms with van der Waals surface area (Å²) in [5.74, 6) is 0.573. The van der Waals surface area contributed by atoms with E-state index in [0.29, 0.717) is 12.3 Å². The highest BCUT2D eigenvalue weighted by molar-refractivity contribution is 5.76. The summed E-state index contributed by atoms with van der Waals surface area (Å²) in [6, 6.07) is 10.8. The highest BCUT2D eigenvalue weighted by Crippen LogP contribution is 2.00. The minimum Gasteiger partial charge on any atom is -0.356 e. The molecule has 1 aromatic rings. The predicted octanol–water partition coefficient (Wildman–Crippen LogP) is 2.19. The minimum atomic E-state index is 0.146. The van der Waals surface area contributed by atoms with Gasteiger partial charge < -0.3 is 5.32 Å². The first kappa shape index (κ1) is 11.8. The summed E-state index contributed by atoms with van der Waals surface area (Å²) >= 11 is 0. The van der Waals surface area contributed by atoms with Crippen molar-refractivity contribution in [3.8, 4) is 0 Å². The first-order valence-corrected chi connectivity index (χ1v) is 5.40. The topological polar surface area (TPSA) is 29.1 Å². The van der Waals surface area contributed by atoms with Gasteiger partial charge in [0.1, 0.15) is 0 Å². The molecule has 0 bridgehead atoms. The summed E-state index contributed by atoms with van der Waals surface area (Å²) < 4.78 is 0. The van der Waals surface area contributed by atoms with Gasteiger partial charge in [0.15, 0.2) is 0 Å². The molecule has 0 fully saturated rings. The summed E-state index contributed by atoms with van der Waals surface area (Å²) in [7, 11) is 0. The van der Waals surface area contributed by atoms with Crippen LogP contribution in [0.1, 0.15) is 25.8 Å². The molecule has 1 aromatic carbocycles. The van der Waals surface area contributed by atoms with Gasteiger partial charge in [0.25, 0.3) is 0 Å². The van der Waals surface area contributed by atoms with Crippen LogP contribution in [0.25, 0.3) is 0 Å². The maximum absolute atomic E-state index is 11.3. The SMILES string of the molecule is CC(C)CC(=O)NCCc1cc[c]cc1. The number of nitrogens with one attached hydrogen (secondary N) is 1. The van der Waals surface area contributed by atoms with Crippen LogP contribution in [0.3, 0.4) is 0 Å². The van der Waals surface area contributed by atoms with Crippen LogP contribution in [0.5, 0.6) is 0 Å². The van der Waals surface area contributed by atoms with Crippen molar-refractivity contribution in [1.82, 2.24) is 5.32 Å². The van der Waals surface area contributed by atoms with Gasteiger partial charge in [-0.15, -0.1) is 0 Å². The molecule has 0 spiro atoms. The van der Waals surface area contributed by atoms with Crippen molar-refractivity contribution in [1.29, 1.82) is 0 Å². The van der Waals surface area contributed by atoms with Crippen molar-refractivity contribution < 1.29 is 4.79 Å². The van der Waals surface area contributed by atoms with Gasteiger partial charge >= 0.3 is 0 Å². The summed E-state index contributed by atoms with van der Waals surface area (Å²) in [6.45, 7) is 4.81. The Morgan fingerprint density at radius 2 is 2.07 bits per heavy atom. The van der Waals surface area contributed by atoms with Gasteiger partial charge in [0.2, 0.25) is 5.91 Å². The van der Waals surface area contributed by atoms with Gasteiger partial charge in [0.05, 0.1) is 0 Å². The quantitative estimate of drug-likeness (QED) is 0.782. The largest absolute Gasteiger partial charge is 0.356 e. The zero-order valence-electron chi connectivity index (χ0n) is 9.42.